The third kappa shape index (κ3) is 6.36. The smallest absolute Gasteiger partial charge is 0.304 e. The summed E-state index contributed by atoms with van der Waals surface area (Å²) in [5.74, 6) is 0.371. The fourth-order valence-corrected chi connectivity index (χ4v) is 3.97. The molecule has 0 unspecified atom stereocenters. The van der Waals surface area contributed by atoms with E-state index in [-0.39, 0.29) is 18.1 Å². The van der Waals surface area contributed by atoms with Gasteiger partial charge in [-0.25, -0.2) is 0 Å². The molecule has 0 spiro atoms. The lowest BCUT2D eigenvalue weighted by Gasteiger charge is -2.09. The Morgan fingerprint density at radius 3 is 2.44 bits per heavy atom. The molecule has 0 atom stereocenters. The number of carbonyl (C=O) groups excluding carboxylic acids is 1. The standard InChI is InChI=1S/C18H19NO4S2/c20-16-7-6-14(12-15(16)13-4-2-1-3-5-13)18(23)19-9-11-25-24-10-8-17(21)22/h1-7,12,20H,8-11H2,(H,19,23)(H,21,22). The van der Waals surface area contributed by atoms with Crippen LogP contribution in [0.5, 0.6) is 5.75 Å². The summed E-state index contributed by atoms with van der Waals surface area (Å²) in [7, 11) is 3.02. The maximum Gasteiger partial charge on any atom is 0.304 e. The normalized spacial score (nSPS) is 10.4. The third-order valence-electron chi connectivity index (χ3n) is 3.30. The third-order valence-corrected chi connectivity index (χ3v) is 5.71. The molecular weight excluding hydrogens is 358 g/mol. The van der Waals surface area contributed by atoms with Gasteiger partial charge in [0.2, 0.25) is 0 Å². The molecule has 1 amide bonds. The van der Waals surface area contributed by atoms with Gasteiger partial charge >= 0.3 is 5.97 Å². The van der Waals surface area contributed by atoms with Gasteiger partial charge in [-0.1, -0.05) is 51.9 Å². The van der Waals surface area contributed by atoms with E-state index in [2.05, 4.69) is 5.32 Å². The summed E-state index contributed by atoms with van der Waals surface area (Å²) in [6.07, 6.45) is 0.139. The number of nitrogens with one attached hydrogen (secondary N) is 1. The molecule has 0 aromatic heterocycles. The number of phenolic OH excluding ortho intramolecular Hbond substituents is 1. The number of carbonyl (C=O) groups is 2. The van der Waals surface area contributed by atoms with Crippen molar-refractivity contribution in [3.63, 3.8) is 0 Å². The molecule has 2 aromatic rings. The highest BCUT2D eigenvalue weighted by Crippen LogP contribution is 2.29. The predicted octanol–water partition coefficient (Wildman–Crippen LogP) is 3.65. The Labute approximate surface area is 154 Å². The van der Waals surface area contributed by atoms with Crippen molar-refractivity contribution in [3.8, 4) is 16.9 Å². The summed E-state index contributed by atoms with van der Waals surface area (Å²) in [6, 6.07) is 14.2. The van der Waals surface area contributed by atoms with Crippen molar-refractivity contribution in [2.24, 2.45) is 0 Å². The van der Waals surface area contributed by atoms with Crippen LogP contribution in [0.25, 0.3) is 11.1 Å². The van der Waals surface area contributed by atoms with E-state index in [9.17, 15) is 14.7 Å². The minimum absolute atomic E-state index is 0.133. The van der Waals surface area contributed by atoms with Crippen LogP contribution in [0.3, 0.4) is 0 Å². The van der Waals surface area contributed by atoms with E-state index in [1.54, 1.807) is 12.1 Å². The second-order valence-corrected chi connectivity index (χ2v) is 7.84. The number of hydrogen-bond acceptors (Lipinski definition) is 5. The second-order valence-electron chi connectivity index (χ2n) is 5.14. The minimum atomic E-state index is -0.803. The number of aliphatic carboxylic acids is 1. The van der Waals surface area contributed by atoms with Gasteiger partial charge in [-0.15, -0.1) is 0 Å². The molecule has 0 saturated carbocycles. The number of rotatable bonds is 9. The monoisotopic (exact) mass is 377 g/mol. The lowest BCUT2D eigenvalue weighted by Crippen LogP contribution is -2.25. The van der Waals surface area contributed by atoms with Gasteiger partial charge in [0.15, 0.2) is 0 Å². The quantitative estimate of drug-likeness (QED) is 0.457. The molecular formula is C18H19NO4S2. The number of benzene rings is 2. The van der Waals surface area contributed by atoms with Crippen molar-refractivity contribution in [1.29, 1.82) is 0 Å². The van der Waals surface area contributed by atoms with Gasteiger partial charge in [0.25, 0.3) is 5.91 Å². The molecule has 2 aromatic carbocycles. The number of aromatic hydroxyl groups is 1. The number of amides is 1. The highest BCUT2D eigenvalue weighted by molar-refractivity contribution is 8.76. The maximum atomic E-state index is 12.2. The number of carboxylic acids is 1. The molecule has 132 valence electrons. The van der Waals surface area contributed by atoms with Gasteiger partial charge in [0.05, 0.1) is 6.42 Å². The highest BCUT2D eigenvalue weighted by atomic mass is 33.1. The number of hydrogen-bond donors (Lipinski definition) is 3. The molecule has 0 aliphatic carbocycles. The highest BCUT2D eigenvalue weighted by Gasteiger charge is 2.10. The Morgan fingerprint density at radius 1 is 1.00 bits per heavy atom. The van der Waals surface area contributed by atoms with E-state index < -0.39 is 5.97 Å². The van der Waals surface area contributed by atoms with Crippen LogP contribution in [-0.2, 0) is 4.79 Å². The van der Waals surface area contributed by atoms with Crippen molar-refractivity contribution in [1.82, 2.24) is 5.32 Å². The van der Waals surface area contributed by atoms with Gasteiger partial charge in [0, 0.05) is 29.2 Å². The zero-order valence-electron chi connectivity index (χ0n) is 13.5. The van der Waals surface area contributed by atoms with Crippen LogP contribution in [0.1, 0.15) is 16.8 Å². The van der Waals surface area contributed by atoms with Crippen LogP contribution in [-0.4, -0.2) is 40.1 Å². The van der Waals surface area contributed by atoms with Gasteiger partial charge in [-0.3, -0.25) is 9.59 Å². The Morgan fingerprint density at radius 2 is 1.72 bits per heavy atom. The molecule has 2 rings (SSSR count). The zero-order valence-corrected chi connectivity index (χ0v) is 15.1. The summed E-state index contributed by atoms with van der Waals surface area (Å²) in [4.78, 5) is 22.6. The van der Waals surface area contributed by atoms with Crippen LogP contribution >= 0.6 is 21.6 Å². The first-order chi connectivity index (χ1) is 12.1. The van der Waals surface area contributed by atoms with Crippen molar-refractivity contribution in [2.75, 3.05) is 18.1 Å². The molecule has 25 heavy (non-hydrogen) atoms. The Bertz CT molecular complexity index is 722. The SMILES string of the molecule is O=C(O)CCSSCCNC(=O)c1ccc(O)c(-c2ccccc2)c1. The molecule has 0 heterocycles. The number of carboxylic acid groups (broad SMARTS) is 1. The van der Waals surface area contributed by atoms with E-state index in [0.717, 1.165) is 5.56 Å². The maximum absolute atomic E-state index is 12.2. The Balaban J connectivity index is 1.85. The summed E-state index contributed by atoms with van der Waals surface area (Å²) in [5, 5.41) is 21.4. The summed E-state index contributed by atoms with van der Waals surface area (Å²) in [5.41, 5.74) is 1.95. The van der Waals surface area contributed by atoms with Crippen molar-refractivity contribution in [3.05, 3.63) is 54.1 Å². The number of phenols is 1. The summed E-state index contributed by atoms with van der Waals surface area (Å²) < 4.78 is 0. The predicted molar refractivity (Wildman–Crippen MR) is 103 cm³/mol. The van der Waals surface area contributed by atoms with Gasteiger partial charge in [0.1, 0.15) is 5.75 Å². The molecule has 7 heteroatoms. The Kier molecular flexibility index (Phi) is 7.69. The largest absolute Gasteiger partial charge is 0.507 e. The van der Waals surface area contributed by atoms with Crippen LogP contribution in [0.2, 0.25) is 0 Å². The van der Waals surface area contributed by atoms with Crippen LogP contribution in [0.15, 0.2) is 48.5 Å². The molecule has 0 saturated heterocycles. The van der Waals surface area contributed by atoms with Gasteiger partial charge in [-0.2, -0.15) is 0 Å². The first kappa shape index (κ1) is 19.2. The zero-order chi connectivity index (χ0) is 18.1. The minimum Gasteiger partial charge on any atom is -0.507 e. The van der Waals surface area contributed by atoms with E-state index >= 15 is 0 Å². The van der Waals surface area contributed by atoms with Crippen LogP contribution < -0.4 is 5.32 Å². The second kappa shape index (κ2) is 10.0. The fraction of sp³-hybridized carbons (Fsp3) is 0.222. The first-order valence-electron chi connectivity index (χ1n) is 7.71. The molecule has 0 fully saturated rings. The van der Waals surface area contributed by atoms with Crippen molar-refractivity contribution >= 4 is 33.5 Å². The lowest BCUT2D eigenvalue weighted by molar-refractivity contribution is -0.136. The van der Waals surface area contributed by atoms with E-state index in [0.29, 0.717) is 29.2 Å². The Hall–Kier alpha value is -2.12. The average Bonchev–Trinajstić information content (AvgIpc) is 2.61. The van der Waals surface area contributed by atoms with Gasteiger partial charge < -0.3 is 15.5 Å². The van der Waals surface area contributed by atoms with Crippen molar-refractivity contribution in [2.45, 2.75) is 6.42 Å². The summed E-state index contributed by atoms with van der Waals surface area (Å²) in [6.45, 7) is 0.491. The van der Waals surface area contributed by atoms with E-state index in [1.807, 2.05) is 30.3 Å². The van der Waals surface area contributed by atoms with E-state index in [1.165, 1.54) is 27.7 Å². The molecule has 3 N–H and O–H groups in total. The fourth-order valence-electron chi connectivity index (χ4n) is 2.08. The van der Waals surface area contributed by atoms with Crippen molar-refractivity contribution < 1.29 is 19.8 Å². The van der Waals surface area contributed by atoms with Gasteiger partial charge in [-0.05, 0) is 23.8 Å². The lowest BCUT2D eigenvalue weighted by atomic mass is 10.0. The van der Waals surface area contributed by atoms with Crippen LogP contribution in [0, 0.1) is 0 Å². The summed E-state index contributed by atoms with van der Waals surface area (Å²) >= 11 is 0. The molecule has 5 nitrogen and oxygen atoms in total. The molecule has 0 aliphatic heterocycles. The molecule has 0 aliphatic rings. The van der Waals surface area contributed by atoms with E-state index in [4.69, 9.17) is 5.11 Å². The topological polar surface area (TPSA) is 86.6 Å². The first-order valence-corrected chi connectivity index (χ1v) is 10.2. The van der Waals surface area contributed by atoms with Crippen LogP contribution in [0.4, 0.5) is 0 Å². The molecule has 0 radical (unpaired) electrons. The average molecular weight is 377 g/mol. The molecule has 0 bridgehead atoms.